The fraction of sp³-hybridized carbons (Fsp3) is 0.263. The maximum atomic E-state index is 12.5. The maximum absolute atomic E-state index is 12.5. The first-order valence-corrected chi connectivity index (χ1v) is 9.38. The van der Waals surface area contributed by atoms with Crippen molar-refractivity contribution in [3.8, 4) is 11.5 Å². The highest BCUT2D eigenvalue weighted by molar-refractivity contribution is 9.10. The minimum absolute atomic E-state index is 0.257. The molecule has 0 aliphatic heterocycles. The third-order valence-corrected chi connectivity index (χ3v) is 4.23. The Morgan fingerprint density at radius 2 is 1.92 bits per heavy atom. The van der Waals surface area contributed by atoms with Crippen molar-refractivity contribution in [1.29, 1.82) is 0 Å². The average Bonchev–Trinajstić information content (AvgIpc) is 2.65. The SMILES string of the molecule is CCCOc1ccc(Br)cc1C(=O)NC(=S)NCc1ccc(OC)cc1. The van der Waals surface area contributed by atoms with Gasteiger partial charge in [0.05, 0.1) is 19.3 Å². The van der Waals surface area contributed by atoms with E-state index in [-0.39, 0.29) is 11.0 Å². The summed E-state index contributed by atoms with van der Waals surface area (Å²) in [6.07, 6.45) is 0.860. The molecule has 2 aromatic carbocycles. The summed E-state index contributed by atoms with van der Waals surface area (Å²) in [6, 6.07) is 12.9. The van der Waals surface area contributed by atoms with Crippen LogP contribution in [0.25, 0.3) is 0 Å². The first-order chi connectivity index (χ1) is 12.5. The summed E-state index contributed by atoms with van der Waals surface area (Å²) < 4.78 is 11.6. The Kier molecular flexibility index (Phi) is 7.87. The van der Waals surface area contributed by atoms with Crippen molar-refractivity contribution < 1.29 is 14.3 Å². The Hall–Kier alpha value is -2.12. The number of hydrogen-bond donors (Lipinski definition) is 2. The zero-order chi connectivity index (χ0) is 18.9. The fourth-order valence-electron chi connectivity index (χ4n) is 2.16. The molecular weight excluding hydrogens is 416 g/mol. The molecule has 2 rings (SSSR count). The van der Waals surface area contributed by atoms with Gasteiger partial charge in [0.25, 0.3) is 5.91 Å². The van der Waals surface area contributed by atoms with Gasteiger partial charge in [0.1, 0.15) is 11.5 Å². The van der Waals surface area contributed by atoms with Crippen molar-refractivity contribution in [3.05, 3.63) is 58.1 Å². The molecule has 5 nitrogen and oxygen atoms in total. The van der Waals surface area contributed by atoms with Gasteiger partial charge in [0.2, 0.25) is 0 Å². The number of carbonyl (C=O) groups excluding carboxylic acids is 1. The molecule has 1 amide bonds. The number of rotatable bonds is 7. The van der Waals surface area contributed by atoms with Crippen LogP contribution in [-0.2, 0) is 6.54 Å². The minimum atomic E-state index is -0.315. The Bertz CT molecular complexity index is 766. The van der Waals surface area contributed by atoms with Crippen LogP contribution in [0.5, 0.6) is 11.5 Å². The standard InChI is InChI=1S/C19H21BrN2O3S/c1-3-10-25-17-9-6-14(20)11-16(17)18(23)22-19(26)21-12-13-4-7-15(24-2)8-5-13/h4-9,11H,3,10,12H2,1-2H3,(H2,21,22,23,26). The maximum Gasteiger partial charge on any atom is 0.261 e. The quantitative estimate of drug-likeness (QED) is 0.641. The van der Waals surface area contributed by atoms with Gasteiger partial charge < -0.3 is 14.8 Å². The van der Waals surface area contributed by atoms with Gasteiger partial charge in [-0.2, -0.15) is 0 Å². The van der Waals surface area contributed by atoms with E-state index in [0.717, 1.165) is 22.2 Å². The zero-order valence-electron chi connectivity index (χ0n) is 14.7. The summed E-state index contributed by atoms with van der Waals surface area (Å²) in [5.74, 6) is 1.01. The van der Waals surface area contributed by atoms with Crippen LogP contribution >= 0.6 is 28.1 Å². The van der Waals surface area contributed by atoms with Crippen LogP contribution in [0, 0.1) is 0 Å². The summed E-state index contributed by atoms with van der Waals surface area (Å²) in [4.78, 5) is 12.5. The predicted octanol–water partition coefficient (Wildman–Crippen LogP) is 4.05. The molecule has 0 bridgehead atoms. The van der Waals surface area contributed by atoms with E-state index >= 15 is 0 Å². The molecule has 0 heterocycles. The lowest BCUT2D eigenvalue weighted by atomic mass is 10.2. The van der Waals surface area contributed by atoms with Crippen LogP contribution < -0.4 is 20.1 Å². The van der Waals surface area contributed by atoms with Crippen molar-refractivity contribution >= 4 is 39.2 Å². The molecule has 138 valence electrons. The number of nitrogens with one attached hydrogen (secondary N) is 2. The van der Waals surface area contributed by atoms with Gasteiger partial charge in [-0.15, -0.1) is 0 Å². The highest BCUT2D eigenvalue weighted by atomic mass is 79.9. The molecule has 2 aromatic rings. The van der Waals surface area contributed by atoms with E-state index in [1.54, 1.807) is 19.2 Å². The van der Waals surface area contributed by atoms with Gasteiger partial charge in [0, 0.05) is 11.0 Å². The van der Waals surface area contributed by atoms with Crippen LogP contribution in [0.1, 0.15) is 29.3 Å². The van der Waals surface area contributed by atoms with E-state index in [1.165, 1.54) is 0 Å². The number of benzene rings is 2. The van der Waals surface area contributed by atoms with Gasteiger partial charge in [-0.3, -0.25) is 10.1 Å². The smallest absolute Gasteiger partial charge is 0.261 e. The van der Waals surface area contributed by atoms with Crippen molar-refractivity contribution in [2.45, 2.75) is 19.9 Å². The first kappa shape index (κ1) is 20.2. The van der Waals surface area contributed by atoms with Crippen LogP contribution in [0.3, 0.4) is 0 Å². The summed E-state index contributed by atoms with van der Waals surface area (Å²) in [5, 5.41) is 5.97. The Labute approximate surface area is 167 Å². The van der Waals surface area contributed by atoms with Gasteiger partial charge in [-0.25, -0.2) is 0 Å². The van der Waals surface area contributed by atoms with Crippen molar-refractivity contribution in [3.63, 3.8) is 0 Å². The Balaban J connectivity index is 1.95. The molecule has 0 aliphatic carbocycles. The number of carbonyl (C=O) groups is 1. The lowest BCUT2D eigenvalue weighted by Crippen LogP contribution is -2.39. The zero-order valence-corrected chi connectivity index (χ0v) is 17.1. The molecular formula is C19H21BrN2O3S. The molecule has 0 atom stereocenters. The molecule has 0 unspecified atom stereocenters. The molecule has 0 aliphatic rings. The molecule has 0 saturated carbocycles. The second-order valence-electron chi connectivity index (χ2n) is 5.47. The summed E-state index contributed by atoms with van der Waals surface area (Å²) in [5.41, 5.74) is 1.46. The normalized spacial score (nSPS) is 10.1. The van der Waals surface area contributed by atoms with Crippen LogP contribution in [0.2, 0.25) is 0 Å². The molecule has 0 saturated heterocycles. The second-order valence-corrected chi connectivity index (χ2v) is 6.80. The second kappa shape index (κ2) is 10.1. The topological polar surface area (TPSA) is 59.6 Å². The van der Waals surface area contributed by atoms with E-state index in [2.05, 4.69) is 26.6 Å². The van der Waals surface area contributed by atoms with Crippen molar-refractivity contribution in [2.24, 2.45) is 0 Å². The molecule has 26 heavy (non-hydrogen) atoms. The molecule has 7 heteroatoms. The molecule has 2 N–H and O–H groups in total. The van der Waals surface area contributed by atoms with E-state index in [1.807, 2.05) is 37.3 Å². The highest BCUT2D eigenvalue weighted by Gasteiger charge is 2.14. The van der Waals surface area contributed by atoms with Crippen molar-refractivity contribution in [2.75, 3.05) is 13.7 Å². The van der Waals surface area contributed by atoms with Crippen LogP contribution in [-0.4, -0.2) is 24.7 Å². The third-order valence-electron chi connectivity index (χ3n) is 3.49. The Morgan fingerprint density at radius 1 is 1.19 bits per heavy atom. The van der Waals surface area contributed by atoms with Gasteiger partial charge in [-0.1, -0.05) is 35.0 Å². The number of thiocarbonyl (C=S) groups is 1. The van der Waals surface area contributed by atoms with Gasteiger partial charge >= 0.3 is 0 Å². The molecule has 0 fully saturated rings. The van der Waals surface area contributed by atoms with Gasteiger partial charge in [-0.05, 0) is 54.5 Å². The lowest BCUT2D eigenvalue weighted by Gasteiger charge is -2.13. The first-order valence-electron chi connectivity index (χ1n) is 8.18. The monoisotopic (exact) mass is 436 g/mol. The minimum Gasteiger partial charge on any atom is -0.497 e. The van der Waals surface area contributed by atoms with E-state index in [9.17, 15) is 4.79 Å². The lowest BCUT2D eigenvalue weighted by molar-refractivity contribution is 0.0972. The number of amides is 1. The Morgan fingerprint density at radius 3 is 2.58 bits per heavy atom. The highest BCUT2D eigenvalue weighted by Crippen LogP contribution is 2.23. The van der Waals surface area contributed by atoms with E-state index in [0.29, 0.717) is 24.5 Å². The number of methoxy groups -OCH3 is 1. The average molecular weight is 437 g/mol. The van der Waals surface area contributed by atoms with E-state index in [4.69, 9.17) is 21.7 Å². The fourth-order valence-corrected chi connectivity index (χ4v) is 2.68. The number of ether oxygens (including phenoxy) is 2. The van der Waals surface area contributed by atoms with Crippen LogP contribution in [0.4, 0.5) is 0 Å². The summed E-state index contributed by atoms with van der Waals surface area (Å²) in [7, 11) is 1.62. The largest absolute Gasteiger partial charge is 0.497 e. The van der Waals surface area contributed by atoms with Crippen LogP contribution in [0.15, 0.2) is 46.9 Å². The summed E-state index contributed by atoms with van der Waals surface area (Å²) >= 11 is 8.60. The molecule has 0 spiro atoms. The summed E-state index contributed by atoms with van der Waals surface area (Å²) in [6.45, 7) is 3.06. The predicted molar refractivity (Wildman–Crippen MR) is 110 cm³/mol. The molecule has 0 radical (unpaired) electrons. The number of halogens is 1. The number of hydrogen-bond acceptors (Lipinski definition) is 4. The van der Waals surface area contributed by atoms with E-state index < -0.39 is 0 Å². The van der Waals surface area contributed by atoms with Gasteiger partial charge in [0.15, 0.2) is 5.11 Å². The molecule has 0 aromatic heterocycles. The van der Waals surface area contributed by atoms with Crippen molar-refractivity contribution in [1.82, 2.24) is 10.6 Å². The third kappa shape index (κ3) is 6.00.